The van der Waals surface area contributed by atoms with Crippen LogP contribution in [0.5, 0.6) is 0 Å². The third-order valence-corrected chi connectivity index (χ3v) is 4.07. The van der Waals surface area contributed by atoms with Crippen molar-refractivity contribution < 1.29 is 4.42 Å². The van der Waals surface area contributed by atoms with Gasteiger partial charge in [0.2, 0.25) is 5.89 Å². The number of benzene rings is 1. The molecule has 0 amide bonds. The molecule has 0 aliphatic carbocycles. The molecule has 23 heavy (non-hydrogen) atoms. The Morgan fingerprint density at radius 3 is 2.57 bits per heavy atom. The van der Waals surface area contributed by atoms with E-state index in [4.69, 9.17) is 21.3 Å². The number of rotatable bonds is 3. The number of aryl methyl sites for hydroxylation is 2. The van der Waals surface area contributed by atoms with Crippen LogP contribution in [0.2, 0.25) is 5.02 Å². The van der Waals surface area contributed by atoms with Crippen LogP contribution >= 0.6 is 23.4 Å². The minimum atomic E-state index is 0.172. The SMILES string of the molecule is Cc1cc(C)cc(-c2nnc(Sc3ccc(Cl)c(C#N)n3)o2)c1. The highest BCUT2D eigenvalue weighted by atomic mass is 35.5. The maximum atomic E-state index is 8.96. The molecule has 0 saturated carbocycles. The first kappa shape index (κ1) is 15.5. The van der Waals surface area contributed by atoms with Gasteiger partial charge in [-0.15, -0.1) is 10.2 Å². The zero-order valence-electron chi connectivity index (χ0n) is 12.4. The standard InChI is InChI=1S/C16H11ClN4OS/c1-9-5-10(2)7-11(6-9)15-20-21-16(22-15)23-14-4-3-12(17)13(8-18)19-14/h3-7H,1-2H3. The smallest absolute Gasteiger partial charge is 0.283 e. The van der Waals surface area contributed by atoms with Crippen molar-refractivity contribution in [2.75, 3.05) is 0 Å². The van der Waals surface area contributed by atoms with Gasteiger partial charge in [-0.3, -0.25) is 0 Å². The number of nitrogens with zero attached hydrogens (tertiary/aromatic N) is 4. The monoisotopic (exact) mass is 342 g/mol. The van der Waals surface area contributed by atoms with Crippen molar-refractivity contribution in [2.24, 2.45) is 0 Å². The van der Waals surface area contributed by atoms with Crippen molar-refractivity contribution in [2.45, 2.75) is 24.1 Å². The number of halogens is 1. The maximum absolute atomic E-state index is 8.96. The molecule has 114 valence electrons. The minimum Gasteiger partial charge on any atom is -0.411 e. The highest BCUT2D eigenvalue weighted by Crippen LogP contribution is 2.29. The van der Waals surface area contributed by atoms with Crippen molar-refractivity contribution >= 4 is 23.4 Å². The topological polar surface area (TPSA) is 75.6 Å². The lowest BCUT2D eigenvalue weighted by atomic mass is 10.1. The molecule has 3 rings (SSSR count). The van der Waals surface area contributed by atoms with Crippen LogP contribution in [-0.4, -0.2) is 15.2 Å². The summed E-state index contributed by atoms with van der Waals surface area (Å²) in [5, 5.41) is 18.3. The van der Waals surface area contributed by atoms with Crippen molar-refractivity contribution in [3.05, 3.63) is 52.2 Å². The van der Waals surface area contributed by atoms with Crippen LogP contribution in [0.3, 0.4) is 0 Å². The van der Waals surface area contributed by atoms with E-state index in [1.807, 2.05) is 32.0 Å². The summed E-state index contributed by atoms with van der Waals surface area (Å²) in [5.41, 5.74) is 3.31. The number of pyridine rings is 1. The van der Waals surface area contributed by atoms with E-state index in [1.54, 1.807) is 12.1 Å². The minimum absolute atomic E-state index is 0.172. The Kier molecular flexibility index (Phi) is 4.33. The normalized spacial score (nSPS) is 10.5. The molecule has 1 aromatic carbocycles. The first-order valence-electron chi connectivity index (χ1n) is 6.72. The Morgan fingerprint density at radius 2 is 1.87 bits per heavy atom. The third-order valence-electron chi connectivity index (χ3n) is 2.99. The van der Waals surface area contributed by atoms with Crippen LogP contribution in [-0.2, 0) is 0 Å². The molecule has 2 heterocycles. The maximum Gasteiger partial charge on any atom is 0.283 e. The van der Waals surface area contributed by atoms with E-state index in [0.29, 0.717) is 21.2 Å². The molecule has 5 nitrogen and oxygen atoms in total. The summed E-state index contributed by atoms with van der Waals surface area (Å²) in [4.78, 5) is 4.14. The van der Waals surface area contributed by atoms with Crippen molar-refractivity contribution in [1.82, 2.24) is 15.2 Å². The second kappa shape index (κ2) is 6.41. The molecule has 7 heteroatoms. The fourth-order valence-electron chi connectivity index (χ4n) is 2.11. The lowest BCUT2D eigenvalue weighted by Crippen LogP contribution is -1.86. The van der Waals surface area contributed by atoms with Crippen LogP contribution in [0.1, 0.15) is 16.8 Å². The number of hydrogen-bond acceptors (Lipinski definition) is 6. The molecule has 0 spiro atoms. The third kappa shape index (κ3) is 3.52. The van der Waals surface area contributed by atoms with E-state index in [9.17, 15) is 0 Å². The van der Waals surface area contributed by atoms with Crippen LogP contribution in [0.4, 0.5) is 0 Å². The van der Waals surface area contributed by atoms with Crippen LogP contribution in [0.15, 0.2) is 45.0 Å². The van der Waals surface area contributed by atoms with Gasteiger partial charge in [-0.2, -0.15) is 5.26 Å². The fraction of sp³-hybridized carbons (Fsp3) is 0.125. The molecule has 0 aliphatic rings. The highest BCUT2D eigenvalue weighted by Gasteiger charge is 2.12. The summed E-state index contributed by atoms with van der Waals surface area (Å²) in [6.07, 6.45) is 0. The van der Waals surface area contributed by atoms with Gasteiger partial charge < -0.3 is 4.42 Å². The molecular formula is C16H11ClN4OS. The summed E-state index contributed by atoms with van der Waals surface area (Å²) in [6, 6.07) is 11.3. The zero-order chi connectivity index (χ0) is 16.4. The average molecular weight is 343 g/mol. The van der Waals surface area contributed by atoms with Crippen LogP contribution in [0.25, 0.3) is 11.5 Å². The van der Waals surface area contributed by atoms with E-state index >= 15 is 0 Å². The average Bonchev–Trinajstić information content (AvgIpc) is 2.97. The Labute approximate surface area is 142 Å². The number of hydrogen-bond donors (Lipinski definition) is 0. The molecule has 0 radical (unpaired) electrons. The predicted molar refractivity (Wildman–Crippen MR) is 87.3 cm³/mol. The highest BCUT2D eigenvalue weighted by molar-refractivity contribution is 7.99. The van der Waals surface area contributed by atoms with Crippen LogP contribution in [0, 0.1) is 25.2 Å². The summed E-state index contributed by atoms with van der Waals surface area (Å²) >= 11 is 7.06. The zero-order valence-corrected chi connectivity index (χ0v) is 13.9. The van der Waals surface area contributed by atoms with Gasteiger partial charge in [0.1, 0.15) is 11.1 Å². The number of nitriles is 1. The molecule has 0 aliphatic heterocycles. The molecule has 0 fully saturated rings. The first-order chi connectivity index (χ1) is 11.0. The van der Waals surface area contributed by atoms with Gasteiger partial charge in [0, 0.05) is 5.56 Å². The Morgan fingerprint density at radius 1 is 1.13 bits per heavy atom. The van der Waals surface area contributed by atoms with E-state index in [-0.39, 0.29) is 5.69 Å². The first-order valence-corrected chi connectivity index (χ1v) is 7.91. The van der Waals surface area contributed by atoms with Gasteiger partial charge in [-0.05, 0) is 49.9 Å². The Hall–Kier alpha value is -2.36. The molecule has 2 aromatic heterocycles. The summed E-state index contributed by atoms with van der Waals surface area (Å²) in [7, 11) is 0. The molecule has 0 bridgehead atoms. The van der Waals surface area contributed by atoms with Crippen molar-refractivity contribution in [1.29, 1.82) is 5.26 Å². The second-order valence-electron chi connectivity index (χ2n) is 4.94. The lowest BCUT2D eigenvalue weighted by Gasteiger charge is -2.00. The lowest BCUT2D eigenvalue weighted by molar-refractivity contribution is 0.465. The van der Waals surface area contributed by atoms with E-state index in [0.717, 1.165) is 16.7 Å². The molecule has 0 unspecified atom stereocenters. The van der Waals surface area contributed by atoms with Gasteiger partial charge in [-0.25, -0.2) is 4.98 Å². The molecular weight excluding hydrogens is 332 g/mol. The van der Waals surface area contributed by atoms with E-state index in [2.05, 4.69) is 21.2 Å². The molecule has 0 N–H and O–H groups in total. The van der Waals surface area contributed by atoms with E-state index < -0.39 is 0 Å². The van der Waals surface area contributed by atoms with E-state index in [1.165, 1.54) is 11.8 Å². The largest absolute Gasteiger partial charge is 0.411 e. The van der Waals surface area contributed by atoms with Gasteiger partial charge in [0.15, 0.2) is 5.69 Å². The Bertz CT molecular complexity index is 896. The number of aromatic nitrogens is 3. The van der Waals surface area contributed by atoms with Crippen LogP contribution < -0.4 is 0 Å². The summed E-state index contributed by atoms with van der Waals surface area (Å²) in [5.74, 6) is 0.453. The van der Waals surface area contributed by atoms with Gasteiger partial charge in [-0.1, -0.05) is 28.8 Å². The van der Waals surface area contributed by atoms with Gasteiger partial charge in [0.05, 0.1) is 5.02 Å². The molecule has 0 atom stereocenters. The predicted octanol–water partition coefficient (Wildman–Crippen LogP) is 4.42. The second-order valence-corrected chi connectivity index (χ2v) is 6.32. The quantitative estimate of drug-likeness (QED) is 0.701. The summed E-state index contributed by atoms with van der Waals surface area (Å²) in [6.45, 7) is 4.03. The fourth-order valence-corrected chi connectivity index (χ4v) is 2.92. The van der Waals surface area contributed by atoms with Gasteiger partial charge >= 0.3 is 0 Å². The van der Waals surface area contributed by atoms with Gasteiger partial charge in [0.25, 0.3) is 5.22 Å². The summed E-state index contributed by atoms with van der Waals surface area (Å²) < 4.78 is 5.67. The van der Waals surface area contributed by atoms with Crippen molar-refractivity contribution in [3.63, 3.8) is 0 Å². The molecule has 3 aromatic rings. The Balaban J connectivity index is 1.86. The van der Waals surface area contributed by atoms with Crippen molar-refractivity contribution in [3.8, 4) is 17.5 Å². The molecule has 0 saturated heterocycles.